The molecule has 0 atom stereocenters. The molecular weight excluding hydrogens is 302 g/mol. The summed E-state index contributed by atoms with van der Waals surface area (Å²) < 4.78 is 3.06. The molecule has 0 amide bonds. The van der Waals surface area contributed by atoms with Crippen LogP contribution in [0.5, 0.6) is 0 Å². The molecule has 2 aromatic rings. The second kappa shape index (κ2) is 5.78. The molecule has 0 fully saturated rings. The van der Waals surface area contributed by atoms with Gasteiger partial charge in [0.15, 0.2) is 0 Å². The van der Waals surface area contributed by atoms with Crippen LogP contribution in [0.1, 0.15) is 29.4 Å². The predicted octanol–water partition coefficient (Wildman–Crippen LogP) is 3.97. The highest BCUT2D eigenvalue weighted by molar-refractivity contribution is 9.10. The molecule has 1 N–H and O–H groups in total. The van der Waals surface area contributed by atoms with Gasteiger partial charge in [-0.3, -0.25) is 4.68 Å². The van der Waals surface area contributed by atoms with E-state index in [4.69, 9.17) is 0 Å². The maximum absolute atomic E-state index is 4.50. The van der Waals surface area contributed by atoms with E-state index in [9.17, 15) is 0 Å². The van der Waals surface area contributed by atoms with Crippen molar-refractivity contribution in [2.75, 3.05) is 5.32 Å². The number of benzene rings is 1. The van der Waals surface area contributed by atoms with Crippen LogP contribution in [0.3, 0.4) is 0 Å². The predicted molar refractivity (Wildman–Crippen MR) is 83.5 cm³/mol. The van der Waals surface area contributed by atoms with Crippen molar-refractivity contribution in [1.29, 1.82) is 0 Å². The molecular formula is C15H20BrN3. The SMILES string of the molecule is CCc1nn(C)c(CNc2ccc(C)c(C)c2)c1Br. The molecule has 0 aliphatic rings. The molecule has 1 aromatic carbocycles. The van der Waals surface area contributed by atoms with Gasteiger partial charge >= 0.3 is 0 Å². The maximum atomic E-state index is 4.50. The molecule has 0 bridgehead atoms. The number of anilines is 1. The van der Waals surface area contributed by atoms with Gasteiger partial charge in [-0.15, -0.1) is 0 Å². The van der Waals surface area contributed by atoms with Gasteiger partial charge in [-0.2, -0.15) is 5.10 Å². The highest BCUT2D eigenvalue weighted by Gasteiger charge is 2.11. The molecule has 0 radical (unpaired) electrons. The topological polar surface area (TPSA) is 29.9 Å². The summed E-state index contributed by atoms with van der Waals surface area (Å²) in [7, 11) is 1.99. The number of aryl methyl sites for hydroxylation is 4. The number of halogens is 1. The summed E-state index contributed by atoms with van der Waals surface area (Å²) in [6.07, 6.45) is 0.943. The Bertz CT molecular complexity index is 587. The minimum atomic E-state index is 0.770. The Hall–Kier alpha value is -1.29. The maximum Gasteiger partial charge on any atom is 0.0767 e. The molecule has 19 heavy (non-hydrogen) atoms. The van der Waals surface area contributed by atoms with Crippen LogP contribution < -0.4 is 5.32 Å². The van der Waals surface area contributed by atoms with Crippen molar-refractivity contribution in [3.8, 4) is 0 Å². The summed E-state index contributed by atoms with van der Waals surface area (Å²) in [4.78, 5) is 0. The van der Waals surface area contributed by atoms with Crippen LogP contribution in [0.4, 0.5) is 5.69 Å². The standard InChI is InChI=1S/C15H20BrN3/c1-5-13-15(16)14(19(4)18-13)9-17-12-7-6-10(2)11(3)8-12/h6-8,17H,5,9H2,1-4H3. The second-order valence-electron chi connectivity index (χ2n) is 4.84. The lowest BCUT2D eigenvalue weighted by Gasteiger charge is -2.09. The van der Waals surface area contributed by atoms with Crippen LogP contribution in [-0.4, -0.2) is 9.78 Å². The van der Waals surface area contributed by atoms with E-state index < -0.39 is 0 Å². The van der Waals surface area contributed by atoms with E-state index in [1.165, 1.54) is 16.8 Å². The quantitative estimate of drug-likeness (QED) is 0.923. The summed E-state index contributed by atoms with van der Waals surface area (Å²) in [6.45, 7) is 7.15. The average Bonchev–Trinajstić information content (AvgIpc) is 2.66. The summed E-state index contributed by atoms with van der Waals surface area (Å²) in [6, 6.07) is 6.45. The molecule has 4 heteroatoms. The number of hydrogen-bond acceptors (Lipinski definition) is 2. The molecule has 1 heterocycles. The lowest BCUT2D eigenvalue weighted by Crippen LogP contribution is -2.06. The fourth-order valence-corrected chi connectivity index (χ4v) is 2.81. The monoisotopic (exact) mass is 321 g/mol. The highest BCUT2D eigenvalue weighted by atomic mass is 79.9. The van der Waals surface area contributed by atoms with Crippen LogP contribution in [0.25, 0.3) is 0 Å². The van der Waals surface area contributed by atoms with Crippen molar-refractivity contribution in [2.45, 2.75) is 33.7 Å². The molecule has 0 saturated carbocycles. The van der Waals surface area contributed by atoms with Crippen molar-refractivity contribution in [3.63, 3.8) is 0 Å². The summed E-state index contributed by atoms with van der Waals surface area (Å²) in [5.41, 5.74) is 6.06. The van der Waals surface area contributed by atoms with Crippen molar-refractivity contribution in [3.05, 3.63) is 45.2 Å². The number of rotatable bonds is 4. The first kappa shape index (κ1) is 14.1. The number of hydrogen-bond donors (Lipinski definition) is 1. The Morgan fingerprint density at radius 3 is 2.58 bits per heavy atom. The van der Waals surface area contributed by atoms with Crippen LogP contribution in [0, 0.1) is 13.8 Å². The fourth-order valence-electron chi connectivity index (χ4n) is 2.05. The zero-order valence-corrected chi connectivity index (χ0v) is 13.5. The van der Waals surface area contributed by atoms with Crippen LogP contribution in [-0.2, 0) is 20.0 Å². The third-order valence-electron chi connectivity index (χ3n) is 3.47. The Kier molecular flexibility index (Phi) is 4.30. The number of nitrogens with one attached hydrogen (secondary N) is 1. The van der Waals surface area contributed by atoms with E-state index in [2.05, 4.69) is 65.3 Å². The summed E-state index contributed by atoms with van der Waals surface area (Å²) in [5, 5.41) is 7.96. The average molecular weight is 322 g/mol. The molecule has 0 aliphatic heterocycles. The van der Waals surface area contributed by atoms with Gasteiger partial charge in [0.2, 0.25) is 0 Å². The lowest BCUT2D eigenvalue weighted by molar-refractivity contribution is 0.706. The smallest absolute Gasteiger partial charge is 0.0767 e. The van der Waals surface area contributed by atoms with Gasteiger partial charge in [0, 0.05) is 12.7 Å². The van der Waals surface area contributed by atoms with Gasteiger partial charge in [-0.1, -0.05) is 13.0 Å². The minimum Gasteiger partial charge on any atom is -0.379 e. The molecule has 0 aliphatic carbocycles. The number of nitrogens with zero attached hydrogens (tertiary/aromatic N) is 2. The van der Waals surface area contributed by atoms with E-state index in [0.29, 0.717) is 0 Å². The van der Waals surface area contributed by atoms with Gasteiger partial charge in [0.25, 0.3) is 0 Å². The largest absolute Gasteiger partial charge is 0.379 e. The third kappa shape index (κ3) is 3.00. The van der Waals surface area contributed by atoms with Crippen LogP contribution in [0.15, 0.2) is 22.7 Å². The van der Waals surface area contributed by atoms with E-state index in [1.807, 2.05) is 11.7 Å². The Morgan fingerprint density at radius 2 is 2.00 bits per heavy atom. The van der Waals surface area contributed by atoms with E-state index in [-0.39, 0.29) is 0 Å². The van der Waals surface area contributed by atoms with Crippen LogP contribution >= 0.6 is 15.9 Å². The first-order chi connectivity index (χ1) is 9.02. The molecule has 0 unspecified atom stereocenters. The van der Waals surface area contributed by atoms with Crippen molar-refractivity contribution in [2.24, 2.45) is 7.05 Å². The molecule has 0 spiro atoms. The summed E-state index contributed by atoms with van der Waals surface area (Å²) >= 11 is 3.64. The second-order valence-corrected chi connectivity index (χ2v) is 5.63. The van der Waals surface area contributed by atoms with Crippen molar-refractivity contribution < 1.29 is 0 Å². The van der Waals surface area contributed by atoms with E-state index in [0.717, 1.165) is 28.8 Å². The summed E-state index contributed by atoms with van der Waals surface area (Å²) in [5.74, 6) is 0. The number of aromatic nitrogens is 2. The Morgan fingerprint density at radius 1 is 1.26 bits per heavy atom. The van der Waals surface area contributed by atoms with Gasteiger partial charge in [0.1, 0.15) is 0 Å². The van der Waals surface area contributed by atoms with E-state index >= 15 is 0 Å². The molecule has 102 valence electrons. The first-order valence-electron chi connectivity index (χ1n) is 6.54. The minimum absolute atomic E-state index is 0.770. The van der Waals surface area contributed by atoms with Crippen molar-refractivity contribution >= 4 is 21.6 Å². The van der Waals surface area contributed by atoms with Gasteiger partial charge < -0.3 is 5.32 Å². The zero-order chi connectivity index (χ0) is 14.0. The fraction of sp³-hybridized carbons (Fsp3) is 0.400. The van der Waals surface area contributed by atoms with Gasteiger partial charge in [-0.05, 0) is 59.5 Å². The van der Waals surface area contributed by atoms with Gasteiger partial charge in [-0.25, -0.2) is 0 Å². The Balaban J connectivity index is 2.14. The van der Waals surface area contributed by atoms with Gasteiger partial charge in [0.05, 0.1) is 22.4 Å². The molecule has 1 aromatic heterocycles. The molecule has 3 nitrogen and oxygen atoms in total. The van der Waals surface area contributed by atoms with E-state index in [1.54, 1.807) is 0 Å². The normalized spacial score (nSPS) is 10.8. The highest BCUT2D eigenvalue weighted by Crippen LogP contribution is 2.23. The Labute approximate surface area is 123 Å². The third-order valence-corrected chi connectivity index (χ3v) is 4.39. The molecule has 0 saturated heterocycles. The first-order valence-corrected chi connectivity index (χ1v) is 7.33. The zero-order valence-electron chi connectivity index (χ0n) is 11.9. The lowest BCUT2D eigenvalue weighted by atomic mass is 10.1. The molecule has 2 rings (SSSR count). The van der Waals surface area contributed by atoms with Crippen molar-refractivity contribution in [1.82, 2.24) is 9.78 Å². The van der Waals surface area contributed by atoms with Crippen LogP contribution in [0.2, 0.25) is 0 Å².